The molecule has 0 radical (unpaired) electrons. The highest BCUT2D eigenvalue weighted by Crippen LogP contribution is 2.47. The van der Waals surface area contributed by atoms with Gasteiger partial charge in [-0.25, -0.2) is 4.98 Å². The topological polar surface area (TPSA) is 97.6 Å². The summed E-state index contributed by atoms with van der Waals surface area (Å²) in [5.41, 5.74) is 4.25. The number of carboxylic acid groups (broad SMARTS) is 1. The predicted octanol–water partition coefficient (Wildman–Crippen LogP) is 5.63. The van der Waals surface area contributed by atoms with E-state index in [2.05, 4.69) is 38.9 Å². The van der Waals surface area contributed by atoms with E-state index in [1.807, 2.05) is 32.2 Å². The van der Waals surface area contributed by atoms with Gasteiger partial charge in [0.05, 0.1) is 17.1 Å². The maximum atomic E-state index is 13.4. The highest BCUT2D eigenvalue weighted by Gasteiger charge is 2.32. The van der Waals surface area contributed by atoms with Gasteiger partial charge < -0.3 is 9.84 Å². The number of ether oxygens (including phenoxy) is 1. The predicted molar refractivity (Wildman–Crippen MR) is 144 cm³/mol. The van der Waals surface area contributed by atoms with Gasteiger partial charge in [0.25, 0.3) is 5.88 Å². The number of halogens is 1. The molecule has 2 saturated carbocycles. The van der Waals surface area contributed by atoms with Gasteiger partial charge in [-0.3, -0.25) is 19.2 Å². The summed E-state index contributed by atoms with van der Waals surface area (Å²) in [6.07, 6.45) is 4.49. The fourth-order valence-corrected chi connectivity index (χ4v) is 5.34. The number of carboxylic acids is 1. The van der Waals surface area contributed by atoms with Gasteiger partial charge in [-0.05, 0) is 99.6 Å². The van der Waals surface area contributed by atoms with E-state index in [9.17, 15) is 14.7 Å². The van der Waals surface area contributed by atoms with Gasteiger partial charge in [0.1, 0.15) is 11.9 Å². The Bertz CT molecular complexity index is 1440. The summed E-state index contributed by atoms with van der Waals surface area (Å²) in [5.74, 6) is 5.26. The van der Waals surface area contributed by atoms with E-state index in [1.54, 1.807) is 16.5 Å². The van der Waals surface area contributed by atoms with Crippen LogP contribution < -0.4 is 9.64 Å². The number of aromatic nitrogens is 3. The molecule has 2 heterocycles. The van der Waals surface area contributed by atoms with Crippen molar-refractivity contribution in [1.82, 2.24) is 14.8 Å². The second-order valence-electron chi connectivity index (χ2n) is 9.85. The van der Waals surface area contributed by atoms with Gasteiger partial charge in [0.2, 0.25) is 0 Å². The summed E-state index contributed by atoms with van der Waals surface area (Å²) in [6, 6.07) is 7.82. The van der Waals surface area contributed by atoms with Crippen molar-refractivity contribution >= 4 is 50.3 Å². The van der Waals surface area contributed by atoms with Crippen molar-refractivity contribution in [2.24, 2.45) is 13.0 Å². The Kier molecular flexibility index (Phi) is 6.95. The zero-order chi connectivity index (χ0) is 26.3. The van der Waals surface area contributed by atoms with Crippen molar-refractivity contribution in [2.45, 2.75) is 64.4 Å². The number of aryl methyl sites for hydroxylation is 2. The summed E-state index contributed by atoms with van der Waals surface area (Å²) in [6.45, 7) is 3.65. The maximum absolute atomic E-state index is 13.4. The first kappa shape index (κ1) is 25.3. The number of pyridine rings is 1. The molecule has 0 unspecified atom stereocenters. The second kappa shape index (κ2) is 10.2. The van der Waals surface area contributed by atoms with Crippen LogP contribution in [0.25, 0.3) is 11.0 Å². The lowest BCUT2D eigenvalue weighted by Crippen LogP contribution is -2.28. The van der Waals surface area contributed by atoms with E-state index in [0.29, 0.717) is 48.8 Å². The lowest BCUT2D eigenvalue weighted by molar-refractivity contribution is -0.143. The van der Waals surface area contributed by atoms with Crippen LogP contribution in [-0.4, -0.2) is 37.9 Å². The molecule has 0 bridgehead atoms. The van der Waals surface area contributed by atoms with Gasteiger partial charge in [0, 0.05) is 11.5 Å². The number of hydrogen-bond acceptors (Lipinski definition) is 5. The number of aliphatic carboxylic acids is 1. The third-order valence-electron chi connectivity index (χ3n) is 7.18. The molecule has 0 atom stereocenters. The summed E-state index contributed by atoms with van der Waals surface area (Å²) in [7, 11) is 1.83. The Morgan fingerprint density at radius 1 is 1.16 bits per heavy atom. The van der Waals surface area contributed by atoms with Crippen molar-refractivity contribution in [1.29, 1.82) is 0 Å². The van der Waals surface area contributed by atoms with Crippen molar-refractivity contribution in [3.05, 3.63) is 39.9 Å². The van der Waals surface area contributed by atoms with Crippen LogP contribution in [0, 0.1) is 24.7 Å². The molecule has 2 aliphatic carbocycles. The largest absolute Gasteiger partial charge is 0.481 e. The molecule has 192 valence electrons. The van der Waals surface area contributed by atoms with E-state index in [4.69, 9.17) is 9.72 Å². The number of carbonyl (C=O) groups is 2. The SMILES string of the molecule is CC#CC(=O)N(c1ccc2c(n1)c(O[C@H]1CC[C@H](C(=O)O)CC1)nn2C)c1cc(C)c(Br)cc1C1CC1. The third-order valence-corrected chi connectivity index (χ3v) is 8.04. The van der Waals surface area contributed by atoms with Crippen LogP contribution in [0.4, 0.5) is 11.5 Å². The van der Waals surface area contributed by atoms with Crippen molar-refractivity contribution in [3.8, 4) is 17.7 Å². The number of fused-ring (bicyclic) bond motifs is 1. The highest BCUT2D eigenvalue weighted by molar-refractivity contribution is 9.10. The highest BCUT2D eigenvalue weighted by atomic mass is 79.9. The minimum atomic E-state index is -0.748. The standard InChI is InChI=1S/C28H29BrN4O4/c1-4-5-25(34)33(23-14-16(2)21(29)15-20(23)17-6-7-17)24-13-12-22-26(30-24)27(31-32(22)3)37-19-10-8-18(9-11-19)28(35)36/h12-15,17-19H,6-11H2,1-3H3,(H,35,36)/t18-,19-. The number of nitrogens with zero attached hydrogens (tertiary/aromatic N) is 4. The average Bonchev–Trinajstić information content (AvgIpc) is 3.67. The lowest BCUT2D eigenvalue weighted by Gasteiger charge is -2.26. The summed E-state index contributed by atoms with van der Waals surface area (Å²) >= 11 is 3.65. The number of rotatable bonds is 6. The molecule has 2 aromatic heterocycles. The number of anilines is 2. The van der Waals surface area contributed by atoms with Gasteiger partial charge in [-0.2, -0.15) is 0 Å². The Labute approximate surface area is 224 Å². The van der Waals surface area contributed by atoms with E-state index >= 15 is 0 Å². The molecule has 0 aliphatic heterocycles. The van der Waals surface area contributed by atoms with Crippen molar-refractivity contribution in [3.63, 3.8) is 0 Å². The minimum Gasteiger partial charge on any atom is -0.481 e. The average molecular weight is 565 g/mol. The van der Waals surface area contributed by atoms with E-state index in [0.717, 1.165) is 39.6 Å². The molecule has 0 spiro atoms. The van der Waals surface area contributed by atoms with E-state index < -0.39 is 5.97 Å². The van der Waals surface area contributed by atoms with Crippen molar-refractivity contribution < 1.29 is 19.4 Å². The monoisotopic (exact) mass is 564 g/mol. The normalized spacial score (nSPS) is 19.2. The van der Waals surface area contributed by atoms with Crippen LogP contribution in [0.1, 0.15) is 62.5 Å². The molecular formula is C28H29BrN4O4. The van der Waals surface area contributed by atoms with Crippen LogP contribution in [0.5, 0.6) is 5.88 Å². The van der Waals surface area contributed by atoms with Gasteiger partial charge >= 0.3 is 11.9 Å². The van der Waals surface area contributed by atoms with Gasteiger partial charge in [0.15, 0.2) is 5.52 Å². The van der Waals surface area contributed by atoms with E-state index in [-0.39, 0.29) is 17.9 Å². The molecular weight excluding hydrogens is 536 g/mol. The van der Waals surface area contributed by atoms with Crippen LogP contribution in [-0.2, 0) is 16.6 Å². The lowest BCUT2D eigenvalue weighted by atomic mass is 9.87. The van der Waals surface area contributed by atoms with Crippen LogP contribution in [0.3, 0.4) is 0 Å². The first-order chi connectivity index (χ1) is 17.8. The first-order valence-corrected chi connectivity index (χ1v) is 13.4. The molecule has 0 saturated heterocycles. The quantitative estimate of drug-likeness (QED) is 0.390. The summed E-state index contributed by atoms with van der Waals surface area (Å²) in [4.78, 5) is 31.2. The molecule has 8 nitrogen and oxygen atoms in total. The zero-order valence-corrected chi connectivity index (χ0v) is 22.7. The molecule has 37 heavy (non-hydrogen) atoms. The molecule has 9 heteroatoms. The van der Waals surface area contributed by atoms with Crippen LogP contribution >= 0.6 is 15.9 Å². The molecule has 1 aromatic carbocycles. The fourth-order valence-electron chi connectivity index (χ4n) is 4.98. The smallest absolute Gasteiger partial charge is 0.308 e. The van der Waals surface area contributed by atoms with Crippen LogP contribution in [0.2, 0.25) is 0 Å². The number of hydrogen-bond donors (Lipinski definition) is 1. The molecule has 2 fully saturated rings. The Morgan fingerprint density at radius 2 is 1.89 bits per heavy atom. The third kappa shape index (κ3) is 5.08. The number of amides is 1. The molecule has 5 rings (SSSR count). The minimum absolute atomic E-state index is 0.126. The Balaban J connectivity index is 1.55. The Morgan fingerprint density at radius 3 is 2.54 bits per heavy atom. The molecule has 2 aliphatic rings. The van der Waals surface area contributed by atoms with Crippen LogP contribution in [0.15, 0.2) is 28.7 Å². The Hall–Kier alpha value is -3.38. The zero-order valence-electron chi connectivity index (χ0n) is 21.1. The second-order valence-corrected chi connectivity index (χ2v) is 10.7. The summed E-state index contributed by atoms with van der Waals surface area (Å²) < 4.78 is 8.97. The van der Waals surface area contributed by atoms with Crippen molar-refractivity contribution in [2.75, 3.05) is 4.90 Å². The summed E-state index contributed by atoms with van der Waals surface area (Å²) in [5, 5.41) is 13.8. The van der Waals surface area contributed by atoms with Gasteiger partial charge in [-0.1, -0.05) is 21.9 Å². The number of benzene rings is 1. The molecule has 1 N–H and O–H groups in total. The molecule has 3 aromatic rings. The fraction of sp³-hybridized carbons (Fsp3) is 0.429. The van der Waals surface area contributed by atoms with E-state index in [1.165, 1.54) is 0 Å². The number of carbonyl (C=O) groups excluding carboxylic acids is 1. The first-order valence-electron chi connectivity index (χ1n) is 12.6. The van der Waals surface area contributed by atoms with Gasteiger partial charge in [-0.15, -0.1) is 5.10 Å². The molecule has 1 amide bonds. The maximum Gasteiger partial charge on any atom is 0.308 e.